The lowest BCUT2D eigenvalue weighted by Crippen LogP contribution is -2.18. The molecule has 2 rings (SSSR count). The second-order valence-corrected chi connectivity index (χ2v) is 8.50. The van der Waals surface area contributed by atoms with Crippen molar-refractivity contribution < 1.29 is 46.7 Å². The van der Waals surface area contributed by atoms with E-state index >= 15 is 0 Å². The average Bonchev–Trinajstić information content (AvgIpc) is 3.30. The molecule has 0 bridgehead atoms. The highest BCUT2D eigenvalue weighted by Crippen LogP contribution is 2.47. The number of carbonyl (C=O) groups is 3. The van der Waals surface area contributed by atoms with Gasteiger partial charge in [-0.1, -0.05) is 32.9 Å². The number of furan rings is 1. The Kier molecular flexibility index (Phi) is 7.72. The van der Waals surface area contributed by atoms with Gasteiger partial charge in [0, 0.05) is 0 Å². The topological polar surface area (TPSA) is 140 Å². The molecule has 160 valence electrons. The minimum atomic E-state index is -4.18. The van der Waals surface area contributed by atoms with E-state index in [1.165, 1.54) is 12.1 Å². The first-order valence-corrected chi connectivity index (χ1v) is 10.3. The van der Waals surface area contributed by atoms with Crippen LogP contribution in [0, 0.1) is 11.8 Å². The molecule has 1 aliphatic rings. The Morgan fingerprint density at radius 1 is 1.07 bits per heavy atom. The van der Waals surface area contributed by atoms with Crippen molar-refractivity contribution in [1.82, 2.24) is 0 Å². The molecular weight excluding hydrogens is 409 g/mol. The smallest absolute Gasteiger partial charge is 0.402 e. The quantitative estimate of drug-likeness (QED) is 0.234. The van der Waals surface area contributed by atoms with Gasteiger partial charge in [0.25, 0.3) is 0 Å². The van der Waals surface area contributed by atoms with Gasteiger partial charge in [-0.15, -0.1) is 0 Å². The zero-order chi connectivity index (χ0) is 21.6. The second kappa shape index (κ2) is 9.82. The van der Waals surface area contributed by atoms with E-state index in [9.17, 15) is 18.9 Å². The minimum Gasteiger partial charge on any atom is -0.447 e. The lowest BCUT2D eigenvalue weighted by molar-refractivity contribution is -0.156. The van der Waals surface area contributed by atoms with Crippen LogP contribution in [-0.2, 0) is 42.3 Å². The maximum absolute atomic E-state index is 13.2. The zero-order valence-electron chi connectivity index (χ0n) is 16.4. The largest absolute Gasteiger partial charge is 0.447 e. The normalized spacial score (nSPS) is 14.1. The predicted molar refractivity (Wildman–Crippen MR) is 97.0 cm³/mol. The molecule has 2 heterocycles. The summed E-state index contributed by atoms with van der Waals surface area (Å²) in [5.41, 5.74) is -0.0546. The predicted octanol–water partition coefficient (Wildman–Crippen LogP) is 2.10. The number of nitrogens with zero attached hydrogens (tertiary/aromatic N) is 1. The Morgan fingerprint density at radius 3 is 2.07 bits per heavy atom. The maximum atomic E-state index is 13.2. The van der Waals surface area contributed by atoms with Gasteiger partial charge in [0.2, 0.25) is 19.1 Å². The van der Waals surface area contributed by atoms with Crippen molar-refractivity contribution in [2.45, 2.75) is 34.1 Å². The first-order chi connectivity index (χ1) is 13.6. The molecule has 0 atom stereocenters. The number of hydrogen-bond acceptors (Lipinski definition) is 11. The van der Waals surface area contributed by atoms with E-state index in [0.29, 0.717) is 0 Å². The molecule has 1 aliphatic heterocycles. The summed E-state index contributed by atoms with van der Waals surface area (Å²) in [6.45, 7) is 5.13. The van der Waals surface area contributed by atoms with Gasteiger partial charge in [-0.3, -0.25) is 23.2 Å². The molecular formula is C17H22NO10P. The first kappa shape index (κ1) is 22.8. The Labute approximate surface area is 166 Å². The van der Waals surface area contributed by atoms with Crippen molar-refractivity contribution in [2.24, 2.45) is 17.0 Å². The van der Waals surface area contributed by atoms with Crippen LogP contribution < -0.4 is 5.50 Å². The van der Waals surface area contributed by atoms with Crippen LogP contribution in [0.2, 0.25) is 0 Å². The minimum absolute atomic E-state index is 0.114. The summed E-state index contributed by atoms with van der Waals surface area (Å²) in [5, 5.41) is 3.56. The van der Waals surface area contributed by atoms with E-state index in [1.54, 1.807) is 27.7 Å². The van der Waals surface area contributed by atoms with Crippen molar-refractivity contribution >= 4 is 36.7 Å². The van der Waals surface area contributed by atoms with Crippen molar-refractivity contribution in [3.8, 4) is 0 Å². The fraction of sp³-hybridized carbons (Fsp3) is 0.529. The van der Waals surface area contributed by atoms with Gasteiger partial charge in [-0.25, -0.2) is 4.79 Å². The van der Waals surface area contributed by atoms with Crippen molar-refractivity contribution in [1.29, 1.82) is 0 Å². The van der Waals surface area contributed by atoms with Crippen LogP contribution in [0.5, 0.6) is 0 Å². The molecule has 0 N–H and O–H groups in total. The Bertz CT molecular complexity index is 811. The third kappa shape index (κ3) is 6.25. The molecule has 0 radical (unpaired) electrons. The lowest BCUT2D eigenvalue weighted by Gasteiger charge is -2.17. The van der Waals surface area contributed by atoms with Crippen LogP contribution >= 0.6 is 7.60 Å². The van der Waals surface area contributed by atoms with E-state index in [4.69, 9.17) is 22.9 Å². The molecule has 0 spiro atoms. The fourth-order valence-corrected chi connectivity index (χ4v) is 3.05. The van der Waals surface area contributed by atoms with Crippen molar-refractivity contribution in [3.63, 3.8) is 0 Å². The van der Waals surface area contributed by atoms with Gasteiger partial charge < -0.3 is 18.7 Å². The van der Waals surface area contributed by atoms with Crippen LogP contribution in [0.1, 0.15) is 39.9 Å². The summed E-state index contributed by atoms with van der Waals surface area (Å²) < 4.78 is 38.6. The Balaban J connectivity index is 2.12. The Hall–Kier alpha value is -2.49. The molecule has 0 unspecified atom stereocenters. The van der Waals surface area contributed by atoms with Gasteiger partial charge >= 0.3 is 25.5 Å². The molecule has 0 aromatic carbocycles. The van der Waals surface area contributed by atoms with E-state index < -0.39 is 50.9 Å². The number of carbonyl (C=O) groups excluding carboxylic acids is 3. The molecule has 0 saturated carbocycles. The van der Waals surface area contributed by atoms with Gasteiger partial charge in [-0.2, -0.15) is 0 Å². The number of rotatable bonds is 10. The standard InChI is InChI=1S/C17H22NO10P/c1-10(2)16(20)23-8-25-29(22,26-9-24-17(21)11(3)4)15-6-5-13(27-15)12-7-14(19)28-18-12/h5-6,10-11H,7-9H2,1-4H3. The van der Waals surface area contributed by atoms with E-state index in [0.717, 1.165) is 0 Å². The van der Waals surface area contributed by atoms with Crippen molar-refractivity contribution in [2.75, 3.05) is 13.6 Å². The van der Waals surface area contributed by atoms with Gasteiger partial charge in [0.05, 0.1) is 18.3 Å². The first-order valence-electron chi connectivity index (χ1n) is 8.72. The van der Waals surface area contributed by atoms with Crippen LogP contribution in [0.3, 0.4) is 0 Å². The third-order valence-corrected chi connectivity index (χ3v) is 5.18. The Morgan fingerprint density at radius 2 is 1.62 bits per heavy atom. The van der Waals surface area contributed by atoms with Crippen LogP contribution in [0.4, 0.5) is 0 Å². The number of oxime groups is 1. The monoisotopic (exact) mass is 431 g/mol. The summed E-state index contributed by atoms with van der Waals surface area (Å²) in [4.78, 5) is 38.8. The van der Waals surface area contributed by atoms with Crippen LogP contribution in [0.25, 0.3) is 0 Å². The summed E-state index contributed by atoms with van der Waals surface area (Å²) in [6.07, 6.45) is -0.114. The molecule has 0 aliphatic carbocycles. The number of ether oxygens (including phenoxy) is 2. The van der Waals surface area contributed by atoms with Gasteiger partial charge in [0.1, 0.15) is 5.71 Å². The molecule has 0 amide bonds. The molecule has 1 aromatic rings. The van der Waals surface area contributed by atoms with Crippen LogP contribution in [-0.4, -0.2) is 37.2 Å². The van der Waals surface area contributed by atoms with E-state index in [1.807, 2.05) is 0 Å². The average molecular weight is 431 g/mol. The van der Waals surface area contributed by atoms with Gasteiger partial charge in [-0.05, 0) is 12.1 Å². The van der Waals surface area contributed by atoms with Crippen LogP contribution in [0.15, 0.2) is 21.7 Å². The third-order valence-electron chi connectivity index (χ3n) is 3.51. The summed E-state index contributed by atoms with van der Waals surface area (Å²) in [6, 6.07) is 2.69. The molecule has 29 heavy (non-hydrogen) atoms. The SMILES string of the molecule is CC(C)C(=O)OCOP(=O)(OCOC(=O)C(C)C)c1ccc(C2=NOC(=O)C2)o1. The fourth-order valence-electron chi connectivity index (χ4n) is 1.87. The highest BCUT2D eigenvalue weighted by Gasteiger charge is 2.35. The van der Waals surface area contributed by atoms with Gasteiger partial charge in [0.15, 0.2) is 5.76 Å². The zero-order valence-corrected chi connectivity index (χ0v) is 17.3. The maximum Gasteiger partial charge on any atom is 0.402 e. The lowest BCUT2D eigenvalue weighted by atomic mass is 10.2. The van der Waals surface area contributed by atoms with Crippen molar-refractivity contribution in [3.05, 3.63) is 17.9 Å². The molecule has 0 fully saturated rings. The molecule has 11 nitrogen and oxygen atoms in total. The highest BCUT2D eigenvalue weighted by atomic mass is 31.2. The number of esters is 2. The second-order valence-electron chi connectivity index (χ2n) is 6.54. The molecule has 1 aromatic heterocycles. The molecule has 0 saturated heterocycles. The highest BCUT2D eigenvalue weighted by molar-refractivity contribution is 7.61. The van der Waals surface area contributed by atoms with E-state index in [-0.39, 0.29) is 23.4 Å². The van der Waals surface area contributed by atoms with E-state index in [2.05, 4.69) is 9.99 Å². The summed E-state index contributed by atoms with van der Waals surface area (Å²) in [5.74, 6) is -2.41. The molecule has 12 heteroatoms. The summed E-state index contributed by atoms with van der Waals surface area (Å²) in [7, 11) is -4.18. The number of hydrogen-bond donors (Lipinski definition) is 0. The summed E-state index contributed by atoms with van der Waals surface area (Å²) >= 11 is 0.